The molecule has 1 aromatic rings. The van der Waals surface area contributed by atoms with Gasteiger partial charge in [0.1, 0.15) is 5.75 Å². The first kappa shape index (κ1) is 26.0. The summed E-state index contributed by atoms with van der Waals surface area (Å²) in [6.45, 7) is 6.45. The first-order valence-corrected chi connectivity index (χ1v) is 13.7. The van der Waals surface area contributed by atoms with Gasteiger partial charge < -0.3 is 20.5 Å². The number of aliphatic hydroxyl groups excluding tert-OH is 1. The summed E-state index contributed by atoms with van der Waals surface area (Å²) in [5.41, 5.74) is 0.650. The van der Waals surface area contributed by atoms with Gasteiger partial charge in [-0.1, -0.05) is 40.0 Å². The summed E-state index contributed by atoms with van der Waals surface area (Å²) in [5.74, 6) is 0.658. The van der Waals surface area contributed by atoms with Crippen molar-refractivity contribution in [1.29, 1.82) is 0 Å². The minimum absolute atomic E-state index is 0.00227. The van der Waals surface area contributed by atoms with E-state index in [0.29, 0.717) is 5.56 Å². The molecule has 4 rings (SSSR count). The molecule has 2 amide bonds. The highest BCUT2D eigenvalue weighted by atomic mass is 16.5. The summed E-state index contributed by atoms with van der Waals surface area (Å²) in [6, 6.07) is 7.45. The lowest BCUT2D eigenvalue weighted by Crippen LogP contribution is -2.58. The van der Waals surface area contributed by atoms with Crippen LogP contribution in [-0.2, 0) is 4.79 Å². The second-order valence-corrected chi connectivity index (χ2v) is 11.7. The predicted molar refractivity (Wildman–Crippen MR) is 137 cm³/mol. The summed E-state index contributed by atoms with van der Waals surface area (Å²) in [5, 5.41) is 18.2. The van der Waals surface area contributed by atoms with Crippen LogP contribution in [0.2, 0.25) is 0 Å². The number of fused-ring (bicyclic) bond motifs is 1. The number of ether oxygens (including phenoxy) is 1. The Bertz CT molecular complexity index is 881. The number of benzene rings is 1. The number of hydrogen-bond donors (Lipinski definition) is 3. The van der Waals surface area contributed by atoms with Gasteiger partial charge >= 0.3 is 0 Å². The van der Waals surface area contributed by atoms with Gasteiger partial charge in [-0.2, -0.15) is 0 Å². The summed E-state index contributed by atoms with van der Waals surface area (Å²) >= 11 is 0. The van der Waals surface area contributed by atoms with Crippen LogP contribution in [0.1, 0.15) is 88.9 Å². The molecular formula is C29H44N2O4. The van der Waals surface area contributed by atoms with E-state index in [4.69, 9.17) is 4.74 Å². The topological polar surface area (TPSA) is 87.7 Å². The molecule has 194 valence electrons. The van der Waals surface area contributed by atoms with Gasteiger partial charge in [0.2, 0.25) is 5.91 Å². The fourth-order valence-electron chi connectivity index (χ4n) is 7.27. The molecule has 6 heteroatoms. The highest BCUT2D eigenvalue weighted by Crippen LogP contribution is 2.55. The van der Waals surface area contributed by atoms with Crippen molar-refractivity contribution in [3.05, 3.63) is 29.8 Å². The minimum atomic E-state index is -0.545. The van der Waals surface area contributed by atoms with Crippen molar-refractivity contribution in [2.45, 2.75) is 96.7 Å². The summed E-state index contributed by atoms with van der Waals surface area (Å²) < 4.78 is 5.20. The lowest BCUT2D eigenvalue weighted by molar-refractivity contribution is -0.142. The Hall–Kier alpha value is -2.08. The van der Waals surface area contributed by atoms with Crippen molar-refractivity contribution in [2.75, 3.05) is 7.11 Å². The van der Waals surface area contributed by atoms with Gasteiger partial charge in [0.15, 0.2) is 0 Å². The zero-order valence-corrected chi connectivity index (χ0v) is 21.9. The predicted octanol–water partition coefficient (Wildman–Crippen LogP) is 4.70. The van der Waals surface area contributed by atoms with Crippen LogP contribution in [0, 0.1) is 29.1 Å². The molecule has 0 unspecified atom stereocenters. The normalized spacial score (nSPS) is 34.4. The van der Waals surface area contributed by atoms with Gasteiger partial charge in [-0.3, -0.25) is 9.59 Å². The van der Waals surface area contributed by atoms with Crippen LogP contribution in [0.25, 0.3) is 0 Å². The van der Waals surface area contributed by atoms with E-state index in [1.165, 1.54) is 19.3 Å². The number of methoxy groups -OCH3 is 1. The van der Waals surface area contributed by atoms with Crippen LogP contribution in [0.3, 0.4) is 0 Å². The van der Waals surface area contributed by atoms with Crippen LogP contribution in [0.4, 0.5) is 0 Å². The first-order chi connectivity index (χ1) is 16.7. The Kier molecular flexibility index (Phi) is 8.09. The van der Waals surface area contributed by atoms with Crippen LogP contribution in [0.5, 0.6) is 5.75 Å². The molecule has 0 bridgehead atoms. The third-order valence-electron chi connectivity index (χ3n) is 9.56. The van der Waals surface area contributed by atoms with Gasteiger partial charge in [0.05, 0.1) is 13.2 Å². The van der Waals surface area contributed by atoms with Crippen molar-refractivity contribution < 1.29 is 19.4 Å². The number of carbonyl (C=O) groups is 2. The van der Waals surface area contributed by atoms with Crippen LogP contribution in [0.15, 0.2) is 24.3 Å². The molecule has 6 nitrogen and oxygen atoms in total. The van der Waals surface area contributed by atoms with Crippen molar-refractivity contribution in [2.24, 2.45) is 29.1 Å². The summed E-state index contributed by atoms with van der Waals surface area (Å²) in [6.07, 6.45) is 9.01. The Balaban J connectivity index is 1.42. The molecule has 1 aromatic carbocycles. The third kappa shape index (κ3) is 5.52. The monoisotopic (exact) mass is 484 g/mol. The second-order valence-electron chi connectivity index (χ2n) is 11.7. The molecule has 0 aliphatic heterocycles. The highest BCUT2D eigenvalue weighted by molar-refractivity contribution is 5.94. The Morgan fingerprint density at radius 1 is 1.03 bits per heavy atom. The molecule has 0 saturated heterocycles. The quantitative estimate of drug-likeness (QED) is 0.546. The maximum absolute atomic E-state index is 13.1. The van der Waals surface area contributed by atoms with Crippen LogP contribution >= 0.6 is 0 Å². The molecule has 3 aliphatic rings. The molecule has 0 spiro atoms. The van der Waals surface area contributed by atoms with Crippen molar-refractivity contribution in [3.8, 4) is 5.75 Å². The molecule has 3 saturated carbocycles. The molecule has 7 atom stereocenters. The molecule has 35 heavy (non-hydrogen) atoms. The average molecular weight is 485 g/mol. The Morgan fingerprint density at radius 2 is 1.69 bits per heavy atom. The fourth-order valence-corrected chi connectivity index (χ4v) is 7.27. The highest BCUT2D eigenvalue weighted by Gasteiger charge is 2.54. The summed E-state index contributed by atoms with van der Waals surface area (Å²) in [4.78, 5) is 26.1. The summed E-state index contributed by atoms with van der Waals surface area (Å²) in [7, 11) is 1.61. The molecular weight excluding hydrogens is 440 g/mol. The molecule has 3 aliphatic carbocycles. The minimum Gasteiger partial charge on any atom is -0.497 e. The number of rotatable bonds is 6. The van der Waals surface area contributed by atoms with Gasteiger partial charge in [-0.15, -0.1) is 0 Å². The zero-order valence-electron chi connectivity index (χ0n) is 21.9. The molecule has 3 N–H and O–H groups in total. The van der Waals surface area contributed by atoms with Crippen molar-refractivity contribution in [1.82, 2.24) is 10.6 Å². The maximum Gasteiger partial charge on any atom is 0.251 e. The molecule has 3 fully saturated rings. The van der Waals surface area contributed by atoms with Crippen molar-refractivity contribution >= 4 is 11.8 Å². The van der Waals surface area contributed by atoms with Gasteiger partial charge in [-0.25, -0.2) is 0 Å². The van der Waals surface area contributed by atoms with E-state index in [1.54, 1.807) is 31.4 Å². The van der Waals surface area contributed by atoms with E-state index in [2.05, 4.69) is 24.5 Å². The van der Waals surface area contributed by atoms with Crippen LogP contribution < -0.4 is 15.4 Å². The molecule has 0 radical (unpaired) electrons. The molecule has 0 heterocycles. The first-order valence-electron chi connectivity index (χ1n) is 13.7. The van der Waals surface area contributed by atoms with Gasteiger partial charge in [0.25, 0.3) is 5.91 Å². The Labute approximate surface area is 210 Å². The van der Waals surface area contributed by atoms with E-state index < -0.39 is 6.10 Å². The van der Waals surface area contributed by atoms with Gasteiger partial charge in [0, 0.05) is 23.6 Å². The van der Waals surface area contributed by atoms with E-state index in [9.17, 15) is 14.7 Å². The number of hydrogen-bond acceptors (Lipinski definition) is 4. The average Bonchev–Trinajstić information content (AvgIpc) is 2.86. The fraction of sp³-hybridized carbons (Fsp3) is 0.724. The van der Waals surface area contributed by atoms with Crippen molar-refractivity contribution in [3.63, 3.8) is 0 Å². The van der Waals surface area contributed by atoms with Gasteiger partial charge in [-0.05, 0) is 86.0 Å². The smallest absolute Gasteiger partial charge is 0.251 e. The third-order valence-corrected chi connectivity index (χ3v) is 9.56. The largest absolute Gasteiger partial charge is 0.497 e. The maximum atomic E-state index is 13.1. The number of nitrogens with one attached hydrogen (secondary N) is 2. The number of aliphatic hydroxyl groups is 1. The lowest BCUT2D eigenvalue weighted by atomic mass is 9.51. The Morgan fingerprint density at radius 3 is 2.34 bits per heavy atom. The lowest BCUT2D eigenvalue weighted by Gasteiger charge is -2.56. The van der Waals surface area contributed by atoms with E-state index in [0.717, 1.165) is 44.3 Å². The van der Waals surface area contributed by atoms with Crippen LogP contribution in [-0.4, -0.2) is 42.2 Å². The zero-order chi connectivity index (χ0) is 25.2. The number of carbonyl (C=O) groups excluding carboxylic acids is 2. The second kappa shape index (κ2) is 10.9. The van der Waals surface area contributed by atoms with E-state index in [1.807, 2.05) is 6.92 Å². The van der Waals surface area contributed by atoms with E-state index in [-0.39, 0.29) is 53.0 Å². The standard InChI is InChI=1S/C29H44N2O4/c1-18(27(33)30-21-8-6-5-7-9-21)23-14-16-29(3)17-15-24(19(2)25(29)26(23)32)31-28(34)20-10-12-22(35-4)13-11-20/h10-13,18-19,21,23-26,32H,5-9,14-17H2,1-4H3,(H,30,33)(H,31,34)/t18-,19+,23-,24-,25+,26-,29-/m0/s1. The molecule has 0 aromatic heterocycles. The SMILES string of the molecule is COc1ccc(C(=O)N[C@H]2CC[C@]3(C)CC[C@@H]([C@H](C)C(=O)NC4CCCCC4)[C@H](O)[C@H]3[C@@H]2C)cc1. The van der Waals surface area contributed by atoms with E-state index >= 15 is 0 Å². The number of amides is 2.